The molecule has 8 heteroatoms. The third kappa shape index (κ3) is 3.44. The predicted molar refractivity (Wildman–Crippen MR) is 69.9 cm³/mol. The molecule has 0 amide bonds. The molecule has 0 aliphatic heterocycles. The van der Waals surface area contributed by atoms with Gasteiger partial charge in [-0.2, -0.15) is 13.2 Å². The van der Waals surface area contributed by atoms with Crippen LogP contribution in [-0.4, -0.2) is 22.7 Å². The number of hydrogen-bond donors (Lipinski definition) is 2. The van der Waals surface area contributed by atoms with E-state index in [0.717, 1.165) is 31.4 Å². The summed E-state index contributed by atoms with van der Waals surface area (Å²) in [5, 5.41) is 22.8. The number of hydrogen-bond acceptors (Lipinski definition) is 4. The van der Waals surface area contributed by atoms with Gasteiger partial charge in [-0.25, -0.2) is 0 Å². The highest BCUT2D eigenvalue weighted by Crippen LogP contribution is 2.38. The Kier molecular flexibility index (Phi) is 4.36. The molecular formula is C13H15F3N2O3. The third-order valence-corrected chi connectivity index (χ3v) is 3.74. The average molecular weight is 304 g/mol. The third-order valence-electron chi connectivity index (χ3n) is 3.74. The monoisotopic (exact) mass is 304 g/mol. The first-order chi connectivity index (χ1) is 9.82. The zero-order valence-corrected chi connectivity index (χ0v) is 11.1. The molecule has 2 rings (SSSR count). The van der Waals surface area contributed by atoms with Gasteiger partial charge in [0.25, 0.3) is 5.69 Å². The molecule has 2 unspecified atom stereocenters. The SMILES string of the molecule is O=[N+]([O-])c1ccc(NC2CCCC2CO)cc1C(F)(F)F. The van der Waals surface area contributed by atoms with Gasteiger partial charge in [0.15, 0.2) is 0 Å². The highest BCUT2D eigenvalue weighted by atomic mass is 19.4. The maximum absolute atomic E-state index is 12.9. The Morgan fingerprint density at radius 1 is 1.38 bits per heavy atom. The zero-order chi connectivity index (χ0) is 15.6. The van der Waals surface area contributed by atoms with Crippen LogP contribution >= 0.6 is 0 Å². The molecule has 2 atom stereocenters. The number of aliphatic hydroxyl groups excluding tert-OH is 1. The van der Waals surface area contributed by atoms with Crippen LogP contribution in [0.3, 0.4) is 0 Å². The Morgan fingerprint density at radius 3 is 2.67 bits per heavy atom. The Morgan fingerprint density at radius 2 is 2.10 bits per heavy atom. The average Bonchev–Trinajstić information content (AvgIpc) is 2.84. The number of benzene rings is 1. The van der Waals surface area contributed by atoms with Gasteiger partial charge >= 0.3 is 6.18 Å². The van der Waals surface area contributed by atoms with Gasteiger partial charge in [-0.3, -0.25) is 10.1 Å². The number of nitrogens with one attached hydrogen (secondary N) is 1. The summed E-state index contributed by atoms with van der Waals surface area (Å²) < 4.78 is 38.6. The number of aliphatic hydroxyl groups is 1. The molecule has 5 nitrogen and oxygen atoms in total. The van der Waals surface area contributed by atoms with Gasteiger partial charge in [-0.1, -0.05) is 6.42 Å². The van der Waals surface area contributed by atoms with Crippen molar-refractivity contribution in [3.8, 4) is 0 Å². The van der Waals surface area contributed by atoms with Crippen LogP contribution in [0.2, 0.25) is 0 Å². The lowest BCUT2D eigenvalue weighted by molar-refractivity contribution is -0.388. The fourth-order valence-electron chi connectivity index (χ4n) is 2.67. The van der Waals surface area contributed by atoms with Crippen LogP contribution in [0.4, 0.5) is 24.5 Å². The fraction of sp³-hybridized carbons (Fsp3) is 0.538. The second kappa shape index (κ2) is 5.88. The van der Waals surface area contributed by atoms with Crippen molar-refractivity contribution < 1.29 is 23.2 Å². The topological polar surface area (TPSA) is 75.4 Å². The van der Waals surface area contributed by atoms with Crippen molar-refractivity contribution in [3.63, 3.8) is 0 Å². The molecular weight excluding hydrogens is 289 g/mol. The lowest BCUT2D eigenvalue weighted by Crippen LogP contribution is -2.26. The lowest BCUT2D eigenvalue weighted by atomic mass is 10.0. The van der Waals surface area contributed by atoms with E-state index >= 15 is 0 Å². The van der Waals surface area contributed by atoms with E-state index in [-0.39, 0.29) is 24.3 Å². The van der Waals surface area contributed by atoms with Crippen molar-refractivity contribution in [2.24, 2.45) is 5.92 Å². The van der Waals surface area contributed by atoms with Crippen molar-refractivity contribution >= 4 is 11.4 Å². The van der Waals surface area contributed by atoms with Gasteiger partial charge in [-0.05, 0) is 25.0 Å². The predicted octanol–water partition coefficient (Wildman–Crippen LogP) is 3.19. The summed E-state index contributed by atoms with van der Waals surface area (Å²) >= 11 is 0. The van der Waals surface area contributed by atoms with Crippen LogP contribution in [0.1, 0.15) is 24.8 Å². The summed E-state index contributed by atoms with van der Waals surface area (Å²) in [4.78, 5) is 9.63. The first-order valence-corrected chi connectivity index (χ1v) is 6.56. The maximum Gasteiger partial charge on any atom is 0.423 e. The highest BCUT2D eigenvalue weighted by Gasteiger charge is 2.38. The molecule has 0 aromatic heterocycles. The highest BCUT2D eigenvalue weighted by molar-refractivity contribution is 5.55. The summed E-state index contributed by atoms with van der Waals surface area (Å²) in [7, 11) is 0. The number of alkyl halides is 3. The van der Waals surface area contributed by atoms with Crippen LogP contribution < -0.4 is 5.32 Å². The number of nitro benzene ring substituents is 1. The van der Waals surface area contributed by atoms with Gasteiger partial charge in [0.2, 0.25) is 0 Å². The van der Waals surface area contributed by atoms with Crippen LogP contribution in [0.15, 0.2) is 18.2 Å². The normalized spacial score (nSPS) is 22.3. The number of halogens is 3. The minimum absolute atomic E-state index is 0.00507. The molecule has 1 fully saturated rings. The Bertz CT molecular complexity index is 534. The molecule has 21 heavy (non-hydrogen) atoms. The van der Waals surface area contributed by atoms with Crippen molar-refractivity contribution in [3.05, 3.63) is 33.9 Å². The molecule has 116 valence electrons. The van der Waals surface area contributed by atoms with Gasteiger partial charge in [-0.15, -0.1) is 0 Å². The van der Waals surface area contributed by atoms with E-state index in [9.17, 15) is 28.4 Å². The number of anilines is 1. The minimum Gasteiger partial charge on any atom is -0.396 e. The minimum atomic E-state index is -4.79. The van der Waals surface area contributed by atoms with Gasteiger partial charge in [0, 0.05) is 30.3 Å². The van der Waals surface area contributed by atoms with E-state index < -0.39 is 22.4 Å². The largest absolute Gasteiger partial charge is 0.423 e. The summed E-state index contributed by atoms with van der Waals surface area (Å²) in [6.45, 7) is -0.0310. The standard InChI is InChI=1S/C13H15F3N2O3/c14-13(15,16)10-6-9(4-5-12(10)18(20)21)17-11-3-1-2-8(11)7-19/h4-6,8,11,17,19H,1-3,7H2. The molecule has 1 aromatic rings. The van der Waals surface area contributed by atoms with Crippen molar-refractivity contribution in [1.82, 2.24) is 0 Å². The van der Waals surface area contributed by atoms with E-state index in [4.69, 9.17) is 0 Å². The van der Waals surface area contributed by atoms with E-state index in [0.29, 0.717) is 0 Å². The summed E-state index contributed by atoms with van der Waals surface area (Å²) in [5.74, 6) is -0.00507. The first-order valence-electron chi connectivity index (χ1n) is 6.56. The molecule has 1 saturated carbocycles. The van der Waals surface area contributed by atoms with Crippen molar-refractivity contribution in [2.45, 2.75) is 31.5 Å². The fourth-order valence-corrected chi connectivity index (χ4v) is 2.67. The second-order valence-corrected chi connectivity index (χ2v) is 5.11. The molecule has 0 spiro atoms. The Balaban J connectivity index is 2.27. The smallest absolute Gasteiger partial charge is 0.396 e. The summed E-state index contributed by atoms with van der Waals surface area (Å²) in [6.07, 6.45) is -2.33. The molecule has 1 aliphatic rings. The molecule has 0 bridgehead atoms. The van der Waals surface area contributed by atoms with Crippen molar-refractivity contribution in [2.75, 3.05) is 11.9 Å². The van der Waals surface area contributed by atoms with Crippen LogP contribution in [0.5, 0.6) is 0 Å². The van der Waals surface area contributed by atoms with E-state index in [1.165, 1.54) is 6.07 Å². The molecule has 2 N–H and O–H groups in total. The van der Waals surface area contributed by atoms with E-state index in [1.54, 1.807) is 0 Å². The molecule has 0 heterocycles. The quantitative estimate of drug-likeness (QED) is 0.661. The number of nitro groups is 1. The second-order valence-electron chi connectivity index (χ2n) is 5.11. The first kappa shape index (κ1) is 15.6. The summed E-state index contributed by atoms with van der Waals surface area (Å²) in [5.41, 5.74) is -2.05. The van der Waals surface area contributed by atoms with E-state index in [2.05, 4.69) is 5.32 Å². The van der Waals surface area contributed by atoms with E-state index in [1.807, 2.05) is 0 Å². The summed E-state index contributed by atoms with van der Waals surface area (Å²) in [6, 6.07) is 2.76. The van der Waals surface area contributed by atoms with Crippen LogP contribution in [0, 0.1) is 16.0 Å². The molecule has 0 radical (unpaired) electrons. The Hall–Kier alpha value is -1.83. The van der Waals surface area contributed by atoms with Gasteiger partial charge in [0.05, 0.1) is 4.92 Å². The Labute approximate surface area is 118 Å². The van der Waals surface area contributed by atoms with Gasteiger partial charge < -0.3 is 10.4 Å². The molecule has 1 aromatic carbocycles. The van der Waals surface area contributed by atoms with Crippen LogP contribution in [-0.2, 0) is 6.18 Å². The lowest BCUT2D eigenvalue weighted by Gasteiger charge is -2.21. The van der Waals surface area contributed by atoms with Gasteiger partial charge in [0.1, 0.15) is 5.56 Å². The zero-order valence-electron chi connectivity index (χ0n) is 11.1. The number of rotatable bonds is 4. The maximum atomic E-state index is 12.9. The molecule has 1 aliphatic carbocycles. The van der Waals surface area contributed by atoms with Crippen LogP contribution in [0.25, 0.3) is 0 Å². The molecule has 0 saturated heterocycles. The number of nitrogens with zero attached hydrogens (tertiary/aromatic N) is 1. The van der Waals surface area contributed by atoms with Crippen molar-refractivity contribution in [1.29, 1.82) is 0 Å².